The van der Waals surface area contributed by atoms with Crippen molar-refractivity contribution in [2.24, 2.45) is 0 Å². The van der Waals surface area contributed by atoms with Crippen molar-refractivity contribution in [3.63, 3.8) is 0 Å². The van der Waals surface area contributed by atoms with Gasteiger partial charge in [0, 0.05) is 26.2 Å². The summed E-state index contributed by atoms with van der Waals surface area (Å²) in [5, 5.41) is 3.24. The minimum Gasteiger partial charge on any atom is -0.379 e. The van der Waals surface area contributed by atoms with Crippen LogP contribution in [-0.2, 0) is 9.53 Å². The number of hydrogen-bond acceptors (Lipinski definition) is 4. The van der Waals surface area contributed by atoms with Gasteiger partial charge in [-0.1, -0.05) is 6.92 Å². The zero-order valence-electron chi connectivity index (χ0n) is 10.7. The molecule has 1 atom stereocenters. The highest BCUT2D eigenvalue weighted by Crippen LogP contribution is 2.07. The molecule has 5 heteroatoms. The van der Waals surface area contributed by atoms with Crippen LogP contribution in [0, 0.1) is 0 Å². The van der Waals surface area contributed by atoms with E-state index in [4.69, 9.17) is 4.74 Å². The Bertz CT molecular complexity index is 254. The van der Waals surface area contributed by atoms with Crippen LogP contribution in [0.4, 0.5) is 0 Å². The van der Waals surface area contributed by atoms with Crippen molar-refractivity contribution in [3.8, 4) is 0 Å². The lowest BCUT2D eigenvalue weighted by molar-refractivity contribution is -0.129. The maximum absolute atomic E-state index is 11.8. The molecule has 0 spiro atoms. The van der Waals surface area contributed by atoms with E-state index < -0.39 is 0 Å². The van der Waals surface area contributed by atoms with Gasteiger partial charge in [-0.3, -0.25) is 15.0 Å². The normalized spacial score (nSPS) is 26.8. The quantitative estimate of drug-likeness (QED) is 0.729. The van der Waals surface area contributed by atoms with Crippen molar-refractivity contribution in [2.75, 3.05) is 46.1 Å². The van der Waals surface area contributed by atoms with Crippen molar-refractivity contribution in [2.45, 2.75) is 25.8 Å². The van der Waals surface area contributed by atoms with Gasteiger partial charge in [0.15, 0.2) is 0 Å². The van der Waals surface area contributed by atoms with E-state index in [1.165, 1.54) is 0 Å². The lowest BCUT2D eigenvalue weighted by Gasteiger charge is -2.27. The van der Waals surface area contributed by atoms with Crippen LogP contribution in [0.5, 0.6) is 0 Å². The van der Waals surface area contributed by atoms with E-state index in [0.717, 1.165) is 58.9 Å². The SMILES string of the molecule is CCC1NCN(CCCN2CCOCC2)C1=O. The second-order valence-electron chi connectivity index (χ2n) is 4.73. The molecule has 1 N–H and O–H groups in total. The van der Waals surface area contributed by atoms with Crippen LogP contribution in [-0.4, -0.2) is 67.8 Å². The Balaban J connectivity index is 1.63. The molecule has 0 aliphatic carbocycles. The summed E-state index contributed by atoms with van der Waals surface area (Å²) in [7, 11) is 0. The Morgan fingerprint density at radius 1 is 1.35 bits per heavy atom. The Labute approximate surface area is 103 Å². The fraction of sp³-hybridized carbons (Fsp3) is 0.917. The van der Waals surface area contributed by atoms with Gasteiger partial charge < -0.3 is 9.64 Å². The highest BCUT2D eigenvalue weighted by molar-refractivity contribution is 5.83. The first-order valence-corrected chi connectivity index (χ1v) is 6.63. The fourth-order valence-electron chi connectivity index (χ4n) is 2.42. The third-order valence-electron chi connectivity index (χ3n) is 3.55. The van der Waals surface area contributed by atoms with Crippen LogP contribution in [0.2, 0.25) is 0 Å². The molecular formula is C12H23N3O2. The summed E-state index contributed by atoms with van der Waals surface area (Å²) in [5.41, 5.74) is 0. The lowest BCUT2D eigenvalue weighted by atomic mass is 10.2. The minimum absolute atomic E-state index is 0.0541. The summed E-state index contributed by atoms with van der Waals surface area (Å²) >= 11 is 0. The number of rotatable bonds is 5. The molecule has 17 heavy (non-hydrogen) atoms. The van der Waals surface area contributed by atoms with Crippen molar-refractivity contribution < 1.29 is 9.53 Å². The van der Waals surface area contributed by atoms with Crippen LogP contribution in [0.3, 0.4) is 0 Å². The third-order valence-corrected chi connectivity index (χ3v) is 3.55. The number of hydrogen-bond donors (Lipinski definition) is 1. The first-order valence-electron chi connectivity index (χ1n) is 6.63. The van der Waals surface area contributed by atoms with Crippen LogP contribution in [0.25, 0.3) is 0 Å². The predicted molar refractivity (Wildman–Crippen MR) is 65.7 cm³/mol. The van der Waals surface area contributed by atoms with Gasteiger partial charge >= 0.3 is 0 Å². The summed E-state index contributed by atoms with van der Waals surface area (Å²) < 4.78 is 5.31. The largest absolute Gasteiger partial charge is 0.379 e. The topological polar surface area (TPSA) is 44.8 Å². The summed E-state index contributed by atoms with van der Waals surface area (Å²) in [5.74, 6) is 0.273. The van der Waals surface area contributed by atoms with Crippen molar-refractivity contribution in [3.05, 3.63) is 0 Å². The van der Waals surface area contributed by atoms with E-state index in [1.54, 1.807) is 0 Å². The fourth-order valence-corrected chi connectivity index (χ4v) is 2.42. The van der Waals surface area contributed by atoms with Crippen molar-refractivity contribution >= 4 is 5.91 Å². The molecule has 0 bridgehead atoms. The molecule has 98 valence electrons. The molecule has 1 amide bonds. The monoisotopic (exact) mass is 241 g/mol. The van der Waals surface area contributed by atoms with Gasteiger partial charge in [0.1, 0.15) is 0 Å². The maximum atomic E-state index is 11.8. The molecule has 0 saturated carbocycles. The maximum Gasteiger partial charge on any atom is 0.240 e. The van der Waals surface area contributed by atoms with Gasteiger partial charge in [-0.25, -0.2) is 0 Å². The first-order chi connectivity index (χ1) is 8.31. The van der Waals surface area contributed by atoms with Crippen LogP contribution < -0.4 is 5.32 Å². The summed E-state index contributed by atoms with van der Waals surface area (Å²) in [6, 6.07) is 0.0541. The molecule has 2 saturated heterocycles. The molecule has 2 aliphatic rings. The van der Waals surface area contributed by atoms with Crippen LogP contribution in [0.1, 0.15) is 19.8 Å². The molecule has 0 aromatic rings. The number of amides is 1. The number of morpholine rings is 1. The van der Waals surface area contributed by atoms with Gasteiger partial charge in [0.25, 0.3) is 0 Å². The van der Waals surface area contributed by atoms with E-state index in [2.05, 4.69) is 10.2 Å². The Kier molecular flexibility index (Phi) is 4.76. The molecule has 2 fully saturated rings. The number of carbonyl (C=O) groups excluding carboxylic acids is 1. The molecular weight excluding hydrogens is 218 g/mol. The van der Waals surface area contributed by atoms with E-state index in [0.29, 0.717) is 0 Å². The smallest absolute Gasteiger partial charge is 0.240 e. The standard InChI is InChI=1S/C12H23N3O2/c1-2-11-12(16)15(10-13-11)5-3-4-14-6-8-17-9-7-14/h11,13H,2-10H2,1H3. The van der Waals surface area contributed by atoms with Crippen molar-refractivity contribution in [1.82, 2.24) is 15.1 Å². The zero-order valence-corrected chi connectivity index (χ0v) is 10.7. The third kappa shape index (κ3) is 3.40. The molecule has 1 unspecified atom stereocenters. The molecule has 0 aromatic heterocycles. The second-order valence-corrected chi connectivity index (χ2v) is 4.73. The van der Waals surface area contributed by atoms with E-state index in [-0.39, 0.29) is 11.9 Å². The van der Waals surface area contributed by atoms with Gasteiger partial charge in [0.2, 0.25) is 5.91 Å². The zero-order chi connectivity index (χ0) is 12.1. The summed E-state index contributed by atoms with van der Waals surface area (Å²) in [6.45, 7) is 8.48. The number of ether oxygens (including phenoxy) is 1. The number of carbonyl (C=O) groups is 1. The van der Waals surface area contributed by atoms with Gasteiger partial charge in [0.05, 0.1) is 25.9 Å². The average molecular weight is 241 g/mol. The minimum atomic E-state index is 0.0541. The van der Waals surface area contributed by atoms with Gasteiger partial charge in [-0.2, -0.15) is 0 Å². The number of nitrogens with one attached hydrogen (secondary N) is 1. The average Bonchev–Trinajstić information content (AvgIpc) is 2.72. The van der Waals surface area contributed by atoms with E-state index in [1.807, 2.05) is 11.8 Å². The first kappa shape index (κ1) is 12.8. The predicted octanol–water partition coefficient (Wildman–Crippen LogP) is -0.123. The molecule has 2 heterocycles. The highest BCUT2D eigenvalue weighted by atomic mass is 16.5. The molecule has 2 rings (SSSR count). The van der Waals surface area contributed by atoms with Crippen LogP contribution in [0.15, 0.2) is 0 Å². The molecule has 0 aromatic carbocycles. The Morgan fingerprint density at radius 2 is 2.12 bits per heavy atom. The molecule has 0 radical (unpaired) electrons. The Hall–Kier alpha value is -0.650. The lowest BCUT2D eigenvalue weighted by Crippen LogP contribution is -2.38. The number of nitrogens with zero attached hydrogens (tertiary/aromatic N) is 2. The summed E-state index contributed by atoms with van der Waals surface area (Å²) in [6.07, 6.45) is 1.95. The van der Waals surface area contributed by atoms with Gasteiger partial charge in [-0.15, -0.1) is 0 Å². The second kappa shape index (κ2) is 6.33. The van der Waals surface area contributed by atoms with E-state index >= 15 is 0 Å². The summed E-state index contributed by atoms with van der Waals surface area (Å²) in [4.78, 5) is 16.2. The van der Waals surface area contributed by atoms with Gasteiger partial charge in [-0.05, 0) is 12.8 Å². The van der Waals surface area contributed by atoms with Crippen molar-refractivity contribution in [1.29, 1.82) is 0 Å². The van der Waals surface area contributed by atoms with Crippen LogP contribution >= 0.6 is 0 Å². The molecule has 2 aliphatic heterocycles. The van der Waals surface area contributed by atoms with E-state index in [9.17, 15) is 4.79 Å². The Morgan fingerprint density at radius 3 is 2.76 bits per heavy atom. The highest BCUT2D eigenvalue weighted by Gasteiger charge is 2.28. The molecule has 5 nitrogen and oxygen atoms in total.